The number of hydrogen-bond donors (Lipinski definition) is 2. The van der Waals surface area contributed by atoms with Crippen molar-refractivity contribution in [1.82, 2.24) is 10.2 Å². The number of nitrogens with zero attached hydrogens (tertiary/aromatic N) is 1. The molecule has 0 radical (unpaired) electrons. The summed E-state index contributed by atoms with van der Waals surface area (Å²) in [5, 5.41) is 10.9. The fraction of sp³-hybridized carbons (Fsp3) is 0.727. The van der Waals surface area contributed by atoms with Crippen molar-refractivity contribution >= 4 is 17.8 Å². The summed E-state index contributed by atoms with van der Waals surface area (Å²) in [6.45, 7) is 2.07. The molecule has 6 nitrogen and oxygen atoms in total. The summed E-state index contributed by atoms with van der Waals surface area (Å²) in [7, 11) is 3.16. The average molecular weight is 244 g/mol. The Morgan fingerprint density at radius 1 is 1.29 bits per heavy atom. The summed E-state index contributed by atoms with van der Waals surface area (Å²) in [4.78, 5) is 34.6. The molecule has 0 saturated heterocycles. The molecule has 2 amide bonds. The third-order valence-corrected chi connectivity index (χ3v) is 2.45. The monoisotopic (exact) mass is 244 g/mol. The highest BCUT2D eigenvalue weighted by Gasteiger charge is 2.17. The molecule has 1 atom stereocenters. The molecule has 0 aromatic rings. The maximum absolute atomic E-state index is 11.6. The lowest BCUT2D eigenvalue weighted by Crippen LogP contribution is -2.37. The quantitative estimate of drug-likeness (QED) is 0.664. The Morgan fingerprint density at radius 3 is 2.35 bits per heavy atom. The van der Waals surface area contributed by atoms with Gasteiger partial charge in [-0.25, -0.2) is 0 Å². The maximum atomic E-state index is 11.6. The van der Waals surface area contributed by atoms with Crippen LogP contribution < -0.4 is 5.32 Å². The minimum absolute atomic E-state index is 0.00935. The lowest BCUT2D eigenvalue weighted by molar-refractivity contribution is -0.137. The van der Waals surface area contributed by atoms with Crippen molar-refractivity contribution in [3.63, 3.8) is 0 Å². The zero-order chi connectivity index (χ0) is 13.4. The Bertz CT molecular complexity index is 291. The van der Waals surface area contributed by atoms with Gasteiger partial charge in [-0.05, 0) is 6.42 Å². The highest BCUT2D eigenvalue weighted by molar-refractivity contribution is 5.80. The molecule has 2 N–H and O–H groups in total. The number of aliphatic carboxylic acids is 1. The van der Waals surface area contributed by atoms with Gasteiger partial charge in [0.2, 0.25) is 11.8 Å². The third kappa shape index (κ3) is 6.55. The second-order valence-corrected chi connectivity index (χ2v) is 4.04. The first-order chi connectivity index (χ1) is 7.88. The van der Waals surface area contributed by atoms with Crippen molar-refractivity contribution in [2.75, 3.05) is 20.6 Å². The number of rotatable bonds is 7. The van der Waals surface area contributed by atoms with Crippen LogP contribution in [0.1, 0.15) is 26.2 Å². The van der Waals surface area contributed by atoms with Gasteiger partial charge in [-0.3, -0.25) is 14.4 Å². The SMILES string of the molecule is CNC(=O)C(C)CN(C)C(=O)CCCC(=O)O. The van der Waals surface area contributed by atoms with Gasteiger partial charge < -0.3 is 15.3 Å². The molecule has 0 aromatic heterocycles. The average Bonchev–Trinajstić information content (AvgIpc) is 2.26. The van der Waals surface area contributed by atoms with Gasteiger partial charge in [0.1, 0.15) is 0 Å². The second kappa shape index (κ2) is 7.65. The van der Waals surface area contributed by atoms with Crippen molar-refractivity contribution in [3.05, 3.63) is 0 Å². The Hall–Kier alpha value is -1.59. The molecule has 17 heavy (non-hydrogen) atoms. The van der Waals surface area contributed by atoms with Crippen molar-refractivity contribution in [3.8, 4) is 0 Å². The largest absolute Gasteiger partial charge is 0.481 e. The molecule has 0 aliphatic carbocycles. The van der Waals surface area contributed by atoms with Crippen molar-refractivity contribution < 1.29 is 19.5 Å². The van der Waals surface area contributed by atoms with E-state index in [2.05, 4.69) is 5.32 Å². The fourth-order valence-corrected chi connectivity index (χ4v) is 1.42. The van der Waals surface area contributed by atoms with Gasteiger partial charge >= 0.3 is 5.97 Å². The van der Waals surface area contributed by atoms with E-state index in [4.69, 9.17) is 5.11 Å². The Labute approximate surface area is 101 Å². The predicted molar refractivity (Wildman–Crippen MR) is 62.4 cm³/mol. The summed E-state index contributed by atoms with van der Waals surface area (Å²) >= 11 is 0. The van der Waals surface area contributed by atoms with Gasteiger partial charge in [0.15, 0.2) is 0 Å². The molecule has 0 aliphatic heterocycles. The molecule has 0 aromatic carbocycles. The van der Waals surface area contributed by atoms with E-state index in [0.29, 0.717) is 13.0 Å². The van der Waals surface area contributed by atoms with Crippen LogP contribution in [0.25, 0.3) is 0 Å². The van der Waals surface area contributed by atoms with E-state index < -0.39 is 5.97 Å². The number of carboxylic acid groups (broad SMARTS) is 1. The first-order valence-corrected chi connectivity index (χ1v) is 5.55. The lowest BCUT2D eigenvalue weighted by atomic mass is 10.1. The van der Waals surface area contributed by atoms with E-state index >= 15 is 0 Å². The Kier molecular flexibility index (Phi) is 6.93. The number of carbonyl (C=O) groups is 3. The van der Waals surface area contributed by atoms with E-state index in [1.54, 1.807) is 21.0 Å². The maximum Gasteiger partial charge on any atom is 0.303 e. The van der Waals surface area contributed by atoms with Crippen molar-refractivity contribution in [1.29, 1.82) is 0 Å². The zero-order valence-electron chi connectivity index (χ0n) is 10.5. The van der Waals surface area contributed by atoms with Crippen LogP contribution in [0.2, 0.25) is 0 Å². The molecule has 0 bridgehead atoms. The standard InChI is InChI=1S/C11H20N2O4/c1-8(11(17)12-2)7-13(3)9(14)5-4-6-10(15)16/h8H,4-7H2,1-3H3,(H,12,17)(H,15,16). The summed E-state index contributed by atoms with van der Waals surface area (Å²) in [5.41, 5.74) is 0. The fourth-order valence-electron chi connectivity index (χ4n) is 1.42. The van der Waals surface area contributed by atoms with Crippen LogP contribution in [0.5, 0.6) is 0 Å². The molecule has 0 heterocycles. The lowest BCUT2D eigenvalue weighted by Gasteiger charge is -2.20. The highest BCUT2D eigenvalue weighted by atomic mass is 16.4. The molecule has 98 valence electrons. The molecule has 0 rings (SSSR count). The number of amides is 2. The summed E-state index contributed by atoms with van der Waals surface area (Å²) in [6, 6.07) is 0. The Morgan fingerprint density at radius 2 is 1.88 bits per heavy atom. The molecular formula is C11H20N2O4. The minimum Gasteiger partial charge on any atom is -0.481 e. The second-order valence-electron chi connectivity index (χ2n) is 4.04. The van der Waals surface area contributed by atoms with Gasteiger partial charge in [-0.2, -0.15) is 0 Å². The van der Waals surface area contributed by atoms with E-state index in [1.165, 1.54) is 4.90 Å². The van der Waals surface area contributed by atoms with Gasteiger partial charge in [-0.15, -0.1) is 0 Å². The van der Waals surface area contributed by atoms with Crippen LogP contribution >= 0.6 is 0 Å². The van der Waals surface area contributed by atoms with Crippen molar-refractivity contribution in [2.45, 2.75) is 26.2 Å². The van der Waals surface area contributed by atoms with Crippen molar-refractivity contribution in [2.24, 2.45) is 5.92 Å². The van der Waals surface area contributed by atoms with Gasteiger partial charge in [-0.1, -0.05) is 6.92 Å². The summed E-state index contributed by atoms with van der Waals surface area (Å²) in [6.07, 6.45) is 0.515. The van der Waals surface area contributed by atoms with Crippen LogP contribution in [0.3, 0.4) is 0 Å². The van der Waals surface area contributed by atoms with Crippen LogP contribution in [-0.2, 0) is 14.4 Å². The van der Waals surface area contributed by atoms with E-state index in [0.717, 1.165) is 0 Å². The van der Waals surface area contributed by atoms with E-state index in [-0.39, 0.29) is 30.6 Å². The minimum atomic E-state index is -0.904. The van der Waals surface area contributed by atoms with E-state index in [9.17, 15) is 14.4 Å². The molecule has 0 spiro atoms. The Balaban J connectivity index is 3.96. The highest BCUT2D eigenvalue weighted by Crippen LogP contribution is 2.03. The van der Waals surface area contributed by atoms with Crippen LogP contribution in [0.4, 0.5) is 0 Å². The zero-order valence-corrected chi connectivity index (χ0v) is 10.5. The first kappa shape index (κ1) is 15.4. The normalized spacial score (nSPS) is 11.7. The topological polar surface area (TPSA) is 86.7 Å². The van der Waals surface area contributed by atoms with E-state index in [1.807, 2.05) is 0 Å². The molecule has 0 saturated carbocycles. The molecule has 6 heteroatoms. The number of carbonyl (C=O) groups excluding carboxylic acids is 2. The number of carboxylic acids is 1. The van der Waals surface area contributed by atoms with Crippen LogP contribution in [0.15, 0.2) is 0 Å². The smallest absolute Gasteiger partial charge is 0.303 e. The number of nitrogens with one attached hydrogen (secondary N) is 1. The third-order valence-electron chi connectivity index (χ3n) is 2.45. The number of hydrogen-bond acceptors (Lipinski definition) is 3. The molecule has 0 aliphatic rings. The van der Waals surface area contributed by atoms with Gasteiger partial charge in [0.05, 0.1) is 5.92 Å². The summed E-state index contributed by atoms with van der Waals surface area (Å²) in [5.74, 6) is -1.43. The van der Waals surface area contributed by atoms with Gasteiger partial charge in [0, 0.05) is 33.5 Å². The predicted octanol–water partition coefficient (Wildman–Crippen LogP) is 0.0818. The molecular weight excluding hydrogens is 224 g/mol. The van der Waals surface area contributed by atoms with Gasteiger partial charge in [0.25, 0.3) is 0 Å². The summed E-state index contributed by atoms with van der Waals surface area (Å²) < 4.78 is 0. The first-order valence-electron chi connectivity index (χ1n) is 5.55. The molecule has 0 fully saturated rings. The van der Waals surface area contributed by atoms with Crippen LogP contribution in [-0.4, -0.2) is 48.4 Å². The molecule has 1 unspecified atom stereocenters. The van der Waals surface area contributed by atoms with Crippen LogP contribution in [0, 0.1) is 5.92 Å².